The molecule has 33 heavy (non-hydrogen) atoms. The van der Waals surface area contributed by atoms with Gasteiger partial charge < -0.3 is 14.8 Å². The number of carbonyl (C=O) groups is 1. The van der Waals surface area contributed by atoms with Crippen LogP contribution < -0.4 is 20.2 Å². The van der Waals surface area contributed by atoms with Crippen LogP contribution >= 0.6 is 0 Å². The first kappa shape index (κ1) is 23.9. The van der Waals surface area contributed by atoms with Crippen molar-refractivity contribution in [2.45, 2.75) is 19.4 Å². The fourth-order valence-electron chi connectivity index (χ4n) is 3.20. The molecule has 0 aliphatic carbocycles. The maximum atomic E-state index is 11.8. The van der Waals surface area contributed by atoms with Gasteiger partial charge in [-0.1, -0.05) is 0 Å². The number of urea groups is 1. The monoisotopic (exact) mass is 478 g/mol. The maximum absolute atomic E-state index is 11.8. The highest BCUT2D eigenvalue weighted by Gasteiger charge is 2.23. The molecule has 0 fully saturated rings. The van der Waals surface area contributed by atoms with E-state index < -0.39 is 27.2 Å². The van der Waals surface area contributed by atoms with Crippen molar-refractivity contribution in [2.24, 2.45) is 5.10 Å². The summed E-state index contributed by atoms with van der Waals surface area (Å²) in [7, 11) is -2.27. The number of ether oxygens (including phenoxy) is 2. The molecule has 2 aromatic carbocycles. The maximum Gasteiger partial charge on any atom is 0.334 e. The first-order chi connectivity index (χ1) is 15.6. The van der Waals surface area contributed by atoms with Crippen molar-refractivity contribution in [2.75, 3.05) is 20.1 Å². The summed E-state index contributed by atoms with van der Waals surface area (Å²) in [5.41, 5.74) is 4.08. The fourth-order valence-corrected chi connectivity index (χ4v) is 3.86. The van der Waals surface area contributed by atoms with E-state index in [4.69, 9.17) is 13.7 Å². The highest BCUT2D eigenvalue weighted by Crippen LogP contribution is 2.36. The van der Waals surface area contributed by atoms with Gasteiger partial charge in [0, 0.05) is 36.7 Å². The average molecular weight is 478 g/mol. The number of hydrogen-bond acceptors (Lipinski definition) is 9. The summed E-state index contributed by atoms with van der Waals surface area (Å²) in [5, 5.41) is 17.6. The van der Waals surface area contributed by atoms with E-state index in [9.17, 15) is 23.3 Å². The zero-order chi connectivity index (χ0) is 24.2. The number of benzene rings is 2. The lowest BCUT2D eigenvalue weighted by Crippen LogP contribution is -2.30. The third-order valence-corrected chi connectivity index (χ3v) is 5.23. The number of amides is 2. The number of non-ortho nitro benzene ring substituents is 1. The van der Waals surface area contributed by atoms with Crippen LogP contribution in [-0.2, 0) is 20.7 Å². The molecule has 2 amide bonds. The minimum Gasteiger partial charge on any atom is -0.454 e. The van der Waals surface area contributed by atoms with E-state index in [1.807, 2.05) is 0 Å². The molecule has 0 saturated carbocycles. The summed E-state index contributed by atoms with van der Waals surface area (Å²) in [6, 6.07) is 8.36. The Morgan fingerprint density at radius 1 is 1.24 bits per heavy atom. The van der Waals surface area contributed by atoms with Crippen molar-refractivity contribution < 1.29 is 31.8 Å². The number of hydrogen-bond donors (Lipinski definition) is 2. The Bertz CT molecular complexity index is 1200. The first-order valence-corrected chi connectivity index (χ1v) is 11.5. The second-order valence-electron chi connectivity index (χ2n) is 7.13. The van der Waals surface area contributed by atoms with Crippen LogP contribution in [0.5, 0.6) is 11.5 Å². The molecular weight excluding hydrogens is 456 g/mol. The first-order valence-electron chi connectivity index (χ1n) is 9.68. The van der Waals surface area contributed by atoms with Gasteiger partial charge >= 0.3 is 6.03 Å². The number of nitrogens with zero attached hydrogens (tertiary/aromatic N) is 2. The molecule has 1 aliphatic rings. The normalized spacial score (nSPS) is 14.0. The molecule has 3 rings (SSSR count). The minimum atomic E-state index is -3.69. The molecule has 1 aliphatic heterocycles. The Morgan fingerprint density at radius 2 is 1.88 bits per heavy atom. The fraction of sp³-hybridized carbons (Fsp3) is 0.300. The third-order valence-electron chi connectivity index (χ3n) is 4.55. The second kappa shape index (κ2) is 9.83. The van der Waals surface area contributed by atoms with Gasteiger partial charge in [-0.3, -0.25) is 14.3 Å². The minimum absolute atomic E-state index is 0.00805. The van der Waals surface area contributed by atoms with E-state index in [2.05, 4.69) is 15.8 Å². The summed E-state index contributed by atoms with van der Waals surface area (Å²) in [5.74, 6) is 0.891. The van der Waals surface area contributed by atoms with E-state index in [0.29, 0.717) is 28.2 Å². The van der Waals surface area contributed by atoms with Crippen molar-refractivity contribution in [1.82, 2.24) is 10.7 Å². The van der Waals surface area contributed by atoms with Gasteiger partial charge in [-0.25, -0.2) is 10.2 Å². The molecule has 176 valence electrons. The van der Waals surface area contributed by atoms with Gasteiger partial charge in [0.15, 0.2) is 11.5 Å². The Labute approximate surface area is 189 Å². The molecule has 12 nitrogen and oxygen atoms in total. The molecule has 0 aromatic heterocycles. The molecule has 13 heteroatoms. The molecule has 2 N–H and O–H groups in total. The van der Waals surface area contributed by atoms with Gasteiger partial charge in [-0.2, -0.15) is 13.5 Å². The van der Waals surface area contributed by atoms with Crippen LogP contribution in [0.2, 0.25) is 0 Å². The van der Waals surface area contributed by atoms with E-state index in [1.54, 1.807) is 19.1 Å². The SMILES string of the molecule is CNC(=O)NN=C(c1ccc([N+](=O)[O-])cc1)c1cc2c(cc1CC(C)OS(C)(=O)=O)OCO2. The molecule has 1 heterocycles. The van der Waals surface area contributed by atoms with Crippen LogP contribution in [0.15, 0.2) is 41.5 Å². The van der Waals surface area contributed by atoms with Crippen LogP contribution in [0.4, 0.5) is 10.5 Å². The van der Waals surface area contributed by atoms with E-state index in [-0.39, 0.29) is 24.6 Å². The van der Waals surface area contributed by atoms with Gasteiger partial charge in [0.25, 0.3) is 15.8 Å². The molecule has 1 unspecified atom stereocenters. The second-order valence-corrected chi connectivity index (χ2v) is 8.73. The number of nitro groups is 1. The van der Waals surface area contributed by atoms with Gasteiger partial charge in [-0.05, 0) is 36.8 Å². The van der Waals surface area contributed by atoms with Crippen LogP contribution in [0.25, 0.3) is 0 Å². The molecule has 2 aromatic rings. The number of nitro benzene ring substituents is 1. The number of fused-ring (bicyclic) bond motifs is 1. The van der Waals surface area contributed by atoms with Gasteiger partial charge in [0.05, 0.1) is 23.0 Å². The summed E-state index contributed by atoms with van der Waals surface area (Å²) in [4.78, 5) is 22.3. The van der Waals surface area contributed by atoms with E-state index >= 15 is 0 Å². The largest absolute Gasteiger partial charge is 0.454 e. The van der Waals surface area contributed by atoms with Crippen LogP contribution in [0.1, 0.15) is 23.6 Å². The molecule has 0 bridgehead atoms. The summed E-state index contributed by atoms with van der Waals surface area (Å²) in [6.45, 7) is 1.61. The zero-order valence-electron chi connectivity index (χ0n) is 18.0. The van der Waals surface area contributed by atoms with Gasteiger partial charge in [-0.15, -0.1) is 0 Å². The quantitative estimate of drug-likeness (QED) is 0.252. The Hall–Kier alpha value is -3.71. The van der Waals surface area contributed by atoms with Crippen molar-refractivity contribution in [3.63, 3.8) is 0 Å². The molecular formula is C20H22N4O8S. The van der Waals surface area contributed by atoms with Crippen molar-refractivity contribution in [1.29, 1.82) is 0 Å². The average Bonchev–Trinajstić information content (AvgIpc) is 3.20. The number of rotatable bonds is 8. The van der Waals surface area contributed by atoms with E-state index in [1.165, 1.54) is 31.3 Å². The Kier molecular flexibility index (Phi) is 7.13. The van der Waals surface area contributed by atoms with Crippen LogP contribution in [0.3, 0.4) is 0 Å². The topological polar surface area (TPSA) is 158 Å². The molecule has 0 radical (unpaired) electrons. The van der Waals surface area contributed by atoms with Crippen molar-refractivity contribution >= 4 is 27.5 Å². The summed E-state index contributed by atoms with van der Waals surface area (Å²) >= 11 is 0. The standard InChI is InChI=1S/C20H22N4O8S/c1-12(32-33(3,28)29)8-14-9-17-18(31-11-30-17)10-16(14)19(22-23-20(25)21-2)13-4-6-15(7-5-13)24(26)27/h4-7,9-10,12H,8,11H2,1-3H3,(H2,21,23,25). The van der Waals surface area contributed by atoms with Crippen molar-refractivity contribution in [3.8, 4) is 11.5 Å². The number of nitrogens with one attached hydrogen (secondary N) is 2. The highest BCUT2D eigenvalue weighted by atomic mass is 32.2. The molecule has 0 saturated heterocycles. The predicted octanol–water partition coefficient (Wildman–Crippen LogP) is 1.91. The lowest BCUT2D eigenvalue weighted by atomic mass is 9.94. The third kappa shape index (κ3) is 6.17. The zero-order valence-corrected chi connectivity index (χ0v) is 18.8. The van der Waals surface area contributed by atoms with Crippen LogP contribution in [-0.4, -0.2) is 51.3 Å². The Balaban J connectivity index is 2.11. The molecule has 0 spiro atoms. The summed E-state index contributed by atoms with van der Waals surface area (Å²) in [6.07, 6.45) is 0.399. The summed E-state index contributed by atoms with van der Waals surface area (Å²) < 4.78 is 39.1. The van der Waals surface area contributed by atoms with Gasteiger partial charge in [0.1, 0.15) is 0 Å². The lowest BCUT2D eigenvalue weighted by molar-refractivity contribution is -0.384. The number of hydrazone groups is 1. The smallest absolute Gasteiger partial charge is 0.334 e. The Morgan fingerprint density at radius 3 is 2.45 bits per heavy atom. The highest BCUT2D eigenvalue weighted by molar-refractivity contribution is 7.86. The lowest BCUT2D eigenvalue weighted by Gasteiger charge is -2.17. The predicted molar refractivity (Wildman–Crippen MR) is 118 cm³/mol. The van der Waals surface area contributed by atoms with Crippen LogP contribution in [0, 0.1) is 10.1 Å². The van der Waals surface area contributed by atoms with Crippen molar-refractivity contribution in [3.05, 3.63) is 63.2 Å². The van der Waals surface area contributed by atoms with E-state index in [0.717, 1.165) is 6.26 Å². The molecule has 1 atom stereocenters. The number of carbonyl (C=O) groups excluding carboxylic acids is 1. The van der Waals surface area contributed by atoms with Gasteiger partial charge in [0.2, 0.25) is 6.79 Å².